The zero-order valence-electron chi connectivity index (χ0n) is 13.3. The fourth-order valence-electron chi connectivity index (χ4n) is 1.96. The Morgan fingerprint density at radius 1 is 1.17 bits per heavy atom. The van der Waals surface area contributed by atoms with Gasteiger partial charge >= 0.3 is 0 Å². The van der Waals surface area contributed by atoms with Crippen LogP contribution >= 0.6 is 11.6 Å². The van der Waals surface area contributed by atoms with Crippen LogP contribution in [-0.4, -0.2) is 23.2 Å². The van der Waals surface area contributed by atoms with E-state index in [0.29, 0.717) is 17.1 Å². The monoisotopic (exact) mass is 332 g/mol. The second-order valence-corrected chi connectivity index (χ2v) is 6.49. The van der Waals surface area contributed by atoms with Crippen molar-refractivity contribution in [1.29, 1.82) is 0 Å². The molecule has 2 rings (SSSR count). The molecule has 0 aliphatic rings. The van der Waals surface area contributed by atoms with E-state index in [0.717, 1.165) is 11.3 Å². The quantitative estimate of drug-likeness (QED) is 0.759. The molecule has 0 aromatic heterocycles. The summed E-state index contributed by atoms with van der Waals surface area (Å²) in [5.41, 5.74) is 1.97. The van der Waals surface area contributed by atoms with Gasteiger partial charge in [-0.15, -0.1) is 0 Å². The summed E-state index contributed by atoms with van der Waals surface area (Å²) in [6.07, 6.45) is 0. The Kier molecular flexibility index (Phi) is 5.77. The predicted octanol–water partition coefficient (Wildman–Crippen LogP) is 3.45. The van der Waals surface area contributed by atoms with Crippen LogP contribution in [0.2, 0.25) is 5.02 Å². The number of benzene rings is 2. The number of amides is 1. The third kappa shape index (κ3) is 5.36. The standard InChI is InChI=1S/C18H21ClN2O2/c1-18(2,12-22)20-11-13-4-3-5-16(10-13)21-17(23)14-6-8-15(19)9-7-14/h3-10,20,22H,11-12H2,1-2H3,(H,21,23). The van der Waals surface area contributed by atoms with Crippen LogP contribution in [0.1, 0.15) is 29.8 Å². The van der Waals surface area contributed by atoms with E-state index in [-0.39, 0.29) is 18.1 Å². The van der Waals surface area contributed by atoms with Crippen molar-refractivity contribution in [2.24, 2.45) is 0 Å². The highest BCUT2D eigenvalue weighted by Crippen LogP contribution is 2.15. The largest absolute Gasteiger partial charge is 0.394 e. The van der Waals surface area contributed by atoms with Gasteiger partial charge in [0.25, 0.3) is 5.91 Å². The van der Waals surface area contributed by atoms with E-state index in [4.69, 9.17) is 11.6 Å². The third-order valence-electron chi connectivity index (χ3n) is 3.46. The number of aliphatic hydroxyl groups is 1. The Labute approximate surface area is 141 Å². The Morgan fingerprint density at radius 3 is 2.52 bits per heavy atom. The van der Waals surface area contributed by atoms with Crippen molar-refractivity contribution in [3.05, 3.63) is 64.7 Å². The summed E-state index contributed by atoms with van der Waals surface area (Å²) in [4.78, 5) is 12.2. The van der Waals surface area contributed by atoms with Gasteiger partial charge in [0.1, 0.15) is 0 Å². The van der Waals surface area contributed by atoms with Gasteiger partial charge in [0, 0.05) is 28.4 Å². The third-order valence-corrected chi connectivity index (χ3v) is 3.71. The first-order valence-corrected chi connectivity index (χ1v) is 7.79. The van der Waals surface area contributed by atoms with Gasteiger partial charge in [0.05, 0.1) is 6.61 Å². The molecule has 23 heavy (non-hydrogen) atoms. The normalized spacial score (nSPS) is 11.3. The molecule has 0 atom stereocenters. The SMILES string of the molecule is CC(C)(CO)NCc1cccc(NC(=O)c2ccc(Cl)cc2)c1. The fraction of sp³-hybridized carbons (Fsp3) is 0.278. The van der Waals surface area contributed by atoms with Crippen molar-refractivity contribution >= 4 is 23.2 Å². The molecular weight excluding hydrogens is 312 g/mol. The van der Waals surface area contributed by atoms with E-state index >= 15 is 0 Å². The molecule has 1 amide bonds. The number of rotatable bonds is 6. The summed E-state index contributed by atoms with van der Waals surface area (Å²) < 4.78 is 0. The Bertz CT molecular complexity index is 669. The van der Waals surface area contributed by atoms with Crippen molar-refractivity contribution < 1.29 is 9.90 Å². The van der Waals surface area contributed by atoms with E-state index in [1.165, 1.54) is 0 Å². The smallest absolute Gasteiger partial charge is 0.255 e. The molecule has 0 bridgehead atoms. The zero-order chi connectivity index (χ0) is 16.9. The number of carbonyl (C=O) groups excluding carboxylic acids is 1. The molecule has 0 heterocycles. The molecule has 0 spiro atoms. The molecule has 0 saturated heterocycles. The Morgan fingerprint density at radius 2 is 1.87 bits per heavy atom. The highest BCUT2D eigenvalue weighted by atomic mass is 35.5. The molecule has 0 radical (unpaired) electrons. The van der Waals surface area contributed by atoms with Crippen molar-refractivity contribution in [3.63, 3.8) is 0 Å². The van der Waals surface area contributed by atoms with Crippen LogP contribution in [0, 0.1) is 0 Å². The van der Waals surface area contributed by atoms with Crippen LogP contribution < -0.4 is 10.6 Å². The van der Waals surface area contributed by atoms with Crippen LogP contribution in [0.4, 0.5) is 5.69 Å². The number of halogens is 1. The van der Waals surface area contributed by atoms with Crippen molar-refractivity contribution in [2.45, 2.75) is 25.9 Å². The molecular formula is C18H21ClN2O2. The molecule has 2 aromatic rings. The van der Waals surface area contributed by atoms with E-state index in [2.05, 4.69) is 10.6 Å². The molecule has 0 saturated carbocycles. The van der Waals surface area contributed by atoms with Crippen molar-refractivity contribution in [1.82, 2.24) is 5.32 Å². The van der Waals surface area contributed by atoms with Gasteiger partial charge in [0.15, 0.2) is 0 Å². The number of nitrogens with one attached hydrogen (secondary N) is 2. The molecule has 0 fully saturated rings. The molecule has 5 heteroatoms. The lowest BCUT2D eigenvalue weighted by molar-refractivity contribution is 0.102. The lowest BCUT2D eigenvalue weighted by Gasteiger charge is -2.23. The highest BCUT2D eigenvalue weighted by Gasteiger charge is 2.15. The zero-order valence-corrected chi connectivity index (χ0v) is 14.0. The average molecular weight is 333 g/mol. The van der Waals surface area contributed by atoms with Gasteiger partial charge in [-0.1, -0.05) is 23.7 Å². The van der Waals surface area contributed by atoms with Gasteiger partial charge in [0.2, 0.25) is 0 Å². The summed E-state index contributed by atoms with van der Waals surface area (Å²) in [5.74, 6) is -0.178. The summed E-state index contributed by atoms with van der Waals surface area (Å²) >= 11 is 5.82. The number of aliphatic hydroxyl groups excluding tert-OH is 1. The average Bonchev–Trinajstić information content (AvgIpc) is 2.54. The van der Waals surface area contributed by atoms with Crippen LogP contribution in [-0.2, 0) is 6.54 Å². The molecule has 0 aliphatic heterocycles. The van der Waals surface area contributed by atoms with Gasteiger partial charge in [-0.2, -0.15) is 0 Å². The summed E-state index contributed by atoms with van der Waals surface area (Å²) in [6.45, 7) is 4.52. The van der Waals surface area contributed by atoms with E-state index in [9.17, 15) is 9.90 Å². The lowest BCUT2D eigenvalue weighted by Crippen LogP contribution is -2.42. The first-order valence-electron chi connectivity index (χ1n) is 7.41. The predicted molar refractivity (Wildman–Crippen MR) is 93.9 cm³/mol. The first-order chi connectivity index (χ1) is 10.9. The van der Waals surface area contributed by atoms with Crippen molar-refractivity contribution in [2.75, 3.05) is 11.9 Å². The summed E-state index contributed by atoms with van der Waals surface area (Å²) in [5, 5.41) is 16.0. The second kappa shape index (κ2) is 7.59. The number of hydrogen-bond donors (Lipinski definition) is 3. The molecule has 3 N–H and O–H groups in total. The minimum atomic E-state index is -0.345. The van der Waals surface area contributed by atoms with E-state index in [1.54, 1.807) is 24.3 Å². The highest BCUT2D eigenvalue weighted by molar-refractivity contribution is 6.30. The second-order valence-electron chi connectivity index (χ2n) is 6.06. The Balaban J connectivity index is 2.02. The minimum absolute atomic E-state index is 0.0555. The maximum Gasteiger partial charge on any atom is 0.255 e. The van der Waals surface area contributed by atoms with Gasteiger partial charge < -0.3 is 15.7 Å². The molecule has 0 unspecified atom stereocenters. The Hall–Kier alpha value is -1.88. The topological polar surface area (TPSA) is 61.4 Å². The first kappa shape index (κ1) is 17.5. The molecule has 4 nitrogen and oxygen atoms in total. The van der Waals surface area contributed by atoms with Crippen LogP contribution in [0.25, 0.3) is 0 Å². The summed E-state index contributed by atoms with van der Waals surface area (Å²) in [6, 6.07) is 14.4. The van der Waals surface area contributed by atoms with Gasteiger partial charge in [-0.3, -0.25) is 4.79 Å². The molecule has 0 aliphatic carbocycles. The summed E-state index contributed by atoms with van der Waals surface area (Å²) in [7, 11) is 0. The van der Waals surface area contributed by atoms with Crippen molar-refractivity contribution in [3.8, 4) is 0 Å². The lowest BCUT2D eigenvalue weighted by atomic mass is 10.1. The van der Waals surface area contributed by atoms with Crippen LogP contribution in [0.3, 0.4) is 0 Å². The van der Waals surface area contributed by atoms with Gasteiger partial charge in [-0.05, 0) is 55.8 Å². The van der Waals surface area contributed by atoms with E-state index < -0.39 is 0 Å². The van der Waals surface area contributed by atoms with Gasteiger partial charge in [-0.25, -0.2) is 0 Å². The van der Waals surface area contributed by atoms with Crippen LogP contribution in [0.15, 0.2) is 48.5 Å². The number of anilines is 1. The van der Waals surface area contributed by atoms with E-state index in [1.807, 2.05) is 38.1 Å². The molecule has 2 aromatic carbocycles. The fourth-order valence-corrected chi connectivity index (χ4v) is 2.09. The maximum atomic E-state index is 12.2. The molecule has 122 valence electrons. The number of hydrogen-bond acceptors (Lipinski definition) is 3. The number of carbonyl (C=O) groups is 1. The minimum Gasteiger partial charge on any atom is -0.394 e. The van der Waals surface area contributed by atoms with Crippen LogP contribution in [0.5, 0.6) is 0 Å². The maximum absolute atomic E-state index is 12.2.